The van der Waals surface area contributed by atoms with E-state index in [1.54, 1.807) is 10.9 Å². The van der Waals surface area contributed by atoms with Gasteiger partial charge in [-0.3, -0.25) is 9.48 Å². The summed E-state index contributed by atoms with van der Waals surface area (Å²) in [4.78, 5) is 12.7. The minimum Gasteiger partial charge on any atom is -0.346 e. The summed E-state index contributed by atoms with van der Waals surface area (Å²) in [5, 5.41) is 11.8. The molecule has 0 atom stereocenters. The molecule has 3 aromatic rings. The third-order valence-electron chi connectivity index (χ3n) is 4.13. The molecule has 2 aromatic heterocycles. The lowest BCUT2D eigenvalue weighted by Gasteiger charge is -2.09. The molecule has 3 rings (SSSR count). The van der Waals surface area contributed by atoms with E-state index in [0.29, 0.717) is 17.8 Å². The maximum atomic E-state index is 12.7. The first kappa shape index (κ1) is 17.4. The van der Waals surface area contributed by atoms with Crippen molar-refractivity contribution in [3.8, 4) is 5.69 Å². The van der Waals surface area contributed by atoms with Crippen LogP contribution in [0.4, 0.5) is 0 Å². The van der Waals surface area contributed by atoms with Crippen molar-refractivity contribution in [1.29, 1.82) is 0 Å². The van der Waals surface area contributed by atoms with Crippen LogP contribution >= 0.6 is 15.9 Å². The van der Waals surface area contributed by atoms with Gasteiger partial charge >= 0.3 is 0 Å². The molecule has 0 unspecified atom stereocenters. The summed E-state index contributed by atoms with van der Waals surface area (Å²) < 4.78 is 4.55. The maximum Gasteiger partial charge on any atom is 0.255 e. The fraction of sp³-hybridized carbons (Fsp3) is 0.278. The molecule has 0 aliphatic rings. The SMILES string of the molecule is CCn1ncc(Br)c1CNC(=O)c1c(C)nn(-c2ccccc2)c1C. The van der Waals surface area contributed by atoms with Gasteiger partial charge in [-0.05, 0) is 48.8 Å². The van der Waals surface area contributed by atoms with Crippen molar-refractivity contribution in [2.45, 2.75) is 33.9 Å². The van der Waals surface area contributed by atoms with Gasteiger partial charge in [-0.2, -0.15) is 10.2 Å². The van der Waals surface area contributed by atoms with Crippen molar-refractivity contribution in [3.63, 3.8) is 0 Å². The van der Waals surface area contributed by atoms with Crippen molar-refractivity contribution in [2.75, 3.05) is 0 Å². The predicted octanol–water partition coefficient (Wildman–Crippen LogP) is 3.40. The highest BCUT2D eigenvalue weighted by Crippen LogP contribution is 2.19. The third-order valence-corrected chi connectivity index (χ3v) is 4.80. The Hall–Kier alpha value is -2.41. The molecule has 6 nitrogen and oxygen atoms in total. The molecule has 0 fully saturated rings. The summed E-state index contributed by atoms with van der Waals surface area (Å²) in [6, 6.07) is 9.80. The molecular weight excluding hydrogens is 382 g/mol. The average molecular weight is 402 g/mol. The Morgan fingerprint density at radius 3 is 2.64 bits per heavy atom. The predicted molar refractivity (Wildman–Crippen MR) is 99.8 cm³/mol. The number of para-hydroxylation sites is 1. The third kappa shape index (κ3) is 3.37. The van der Waals surface area contributed by atoms with Crippen LogP contribution in [0.25, 0.3) is 5.69 Å². The zero-order valence-corrected chi connectivity index (χ0v) is 16.0. The summed E-state index contributed by atoms with van der Waals surface area (Å²) in [5.41, 5.74) is 4.03. The van der Waals surface area contributed by atoms with E-state index in [-0.39, 0.29) is 5.91 Å². The van der Waals surface area contributed by atoms with Gasteiger partial charge in [0.15, 0.2) is 0 Å². The number of carbonyl (C=O) groups excluding carboxylic acids is 1. The number of carbonyl (C=O) groups is 1. The lowest BCUT2D eigenvalue weighted by molar-refractivity contribution is 0.0948. The summed E-state index contributed by atoms with van der Waals surface area (Å²) in [7, 11) is 0. The van der Waals surface area contributed by atoms with E-state index in [4.69, 9.17) is 0 Å². The van der Waals surface area contributed by atoms with Gasteiger partial charge in [-0.25, -0.2) is 4.68 Å². The molecule has 0 bridgehead atoms. The molecule has 0 aliphatic heterocycles. The minimum absolute atomic E-state index is 0.132. The van der Waals surface area contributed by atoms with Crippen molar-refractivity contribution >= 4 is 21.8 Å². The summed E-state index contributed by atoms with van der Waals surface area (Å²) in [6.07, 6.45) is 1.74. The highest BCUT2D eigenvalue weighted by atomic mass is 79.9. The van der Waals surface area contributed by atoms with Crippen LogP contribution in [0.5, 0.6) is 0 Å². The summed E-state index contributed by atoms with van der Waals surface area (Å²) in [6.45, 7) is 6.94. The monoisotopic (exact) mass is 401 g/mol. The number of halogens is 1. The standard InChI is InChI=1S/C18H20BrN5O/c1-4-23-16(15(19)10-21-23)11-20-18(25)17-12(2)22-24(13(17)3)14-8-6-5-7-9-14/h5-10H,4,11H2,1-3H3,(H,20,25). The lowest BCUT2D eigenvalue weighted by Crippen LogP contribution is -2.25. The van der Waals surface area contributed by atoms with Gasteiger partial charge in [-0.15, -0.1) is 0 Å². The minimum atomic E-state index is -0.132. The second kappa shape index (κ2) is 7.23. The van der Waals surface area contributed by atoms with E-state index in [2.05, 4.69) is 31.4 Å². The van der Waals surface area contributed by atoms with Crippen molar-refractivity contribution in [3.05, 3.63) is 63.6 Å². The second-order valence-corrected chi connectivity index (χ2v) is 6.59. The van der Waals surface area contributed by atoms with Crippen molar-refractivity contribution < 1.29 is 4.79 Å². The Balaban J connectivity index is 1.83. The number of nitrogens with one attached hydrogen (secondary N) is 1. The van der Waals surface area contributed by atoms with Gasteiger partial charge in [-0.1, -0.05) is 18.2 Å². The van der Waals surface area contributed by atoms with Gasteiger partial charge in [0.1, 0.15) is 0 Å². The number of nitrogens with zero attached hydrogens (tertiary/aromatic N) is 4. The van der Waals surface area contributed by atoms with Crippen LogP contribution in [0.1, 0.15) is 34.4 Å². The number of hydrogen-bond acceptors (Lipinski definition) is 3. The zero-order valence-electron chi connectivity index (χ0n) is 14.5. The van der Waals surface area contributed by atoms with E-state index in [1.807, 2.05) is 55.8 Å². The average Bonchev–Trinajstić information content (AvgIpc) is 3.12. The highest BCUT2D eigenvalue weighted by molar-refractivity contribution is 9.10. The quantitative estimate of drug-likeness (QED) is 0.712. The van der Waals surface area contributed by atoms with Crippen LogP contribution in [-0.2, 0) is 13.1 Å². The molecule has 25 heavy (non-hydrogen) atoms. The van der Waals surface area contributed by atoms with E-state index < -0.39 is 0 Å². The first-order valence-corrected chi connectivity index (χ1v) is 8.92. The molecule has 130 valence electrons. The van der Waals surface area contributed by atoms with Gasteiger partial charge in [0.2, 0.25) is 0 Å². The maximum absolute atomic E-state index is 12.7. The van der Waals surface area contributed by atoms with Crippen LogP contribution in [0, 0.1) is 13.8 Å². The Kier molecular flexibility index (Phi) is 5.03. The number of aryl methyl sites for hydroxylation is 2. The molecule has 7 heteroatoms. The first-order chi connectivity index (χ1) is 12.0. The molecule has 1 aromatic carbocycles. The fourth-order valence-electron chi connectivity index (χ4n) is 2.88. The molecule has 0 spiro atoms. The summed E-state index contributed by atoms with van der Waals surface area (Å²) in [5.74, 6) is -0.132. The lowest BCUT2D eigenvalue weighted by atomic mass is 10.2. The van der Waals surface area contributed by atoms with E-state index >= 15 is 0 Å². The Morgan fingerprint density at radius 2 is 1.96 bits per heavy atom. The number of rotatable bonds is 5. The molecular formula is C18H20BrN5O. The Bertz CT molecular complexity index is 898. The summed E-state index contributed by atoms with van der Waals surface area (Å²) >= 11 is 3.48. The highest BCUT2D eigenvalue weighted by Gasteiger charge is 2.20. The normalized spacial score (nSPS) is 10.9. The Labute approximate surface area is 155 Å². The number of hydrogen-bond donors (Lipinski definition) is 1. The van der Waals surface area contributed by atoms with Gasteiger partial charge < -0.3 is 5.32 Å². The van der Waals surface area contributed by atoms with E-state index in [9.17, 15) is 4.79 Å². The fourth-order valence-corrected chi connectivity index (χ4v) is 3.32. The van der Waals surface area contributed by atoms with Gasteiger partial charge in [0.25, 0.3) is 5.91 Å². The molecule has 0 saturated carbocycles. The topological polar surface area (TPSA) is 64.7 Å². The van der Waals surface area contributed by atoms with Crippen molar-refractivity contribution in [1.82, 2.24) is 24.9 Å². The second-order valence-electron chi connectivity index (χ2n) is 5.73. The molecule has 0 saturated heterocycles. The van der Waals surface area contributed by atoms with E-state index in [1.165, 1.54) is 0 Å². The van der Waals surface area contributed by atoms with E-state index in [0.717, 1.165) is 28.1 Å². The number of amides is 1. The number of benzene rings is 1. The van der Waals surface area contributed by atoms with Crippen LogP contribution in [0.3, 0.4) is 0 Å². The van der Waals surface area contributed by atoms with Gasteiger partial charge in [0.05, 0.1) is 45.5 Å². The number of aromatic nitrogens is 4. The van der Waals surface area contributed by atoms with Crippen molar-refractivity contribution in [2.24, 2.45) is 0 Å². The first-order valence-electron chi connectivity index (χ1n) is 8.13. The zero-order chi connectivity index (χ0) is 18.0. The van der Waals surface area contributed by atoms with Crippen LogP contribution in [-0.4, -0.2) is 25.5 Å². The van der Waals surface area contributed by atoms with Crippen LogP contribution < -0.4 is 5.32 Å². The largest absolute Gasteiger partial charge is 0.346 e. The van der Waals surface area contributed by atoms with Crippen LogP contribution in [0.2, 0.25) is 0 Å². The van der Waals surface area contributed by atoms with Crippen LogP contribution in [0.15, 0.2) is 41.0 Å². The molecule has 2 heterocycles. The molecule has 1 amide bonds. The molecule has 1 N–H and O–H groups in total. The smallest absolute Gasteiger partial charge is 0.255 e. The molecule has 0 radical (unpaired) electrons. The van der Waals surface area contributed by atoms with Gasteiger partial charge in [0, 0.05) is 6.54 Å². The Morgan fingerprint density at radius 1 is 1.24 bits per heavy atom. The molecule has 0 aliphatic carbocycles.